The van der Waals surface area contributed by atoms with Crippen LogP contribution in [-0.4, -0.2) is 38.1 Å². The summed E-state index contributed by atoms with van der Waals surface area (Å²) in [7, 11) is 3.39. The van der Waals surface area contributed by atoms with Crippen LogP contribution in [0.2, 0.25) is 5.02 Å². The molecule has 0 spiro atoms. The zero-order valence-electron chi connectivity index (χ0n) is 10.1. The molecule has 0 unspecified atom stereocenters. The van der Waals surface area contributed by atoms with E-state index in [4.69, 9.17) is 22.1 Å². The number of carbonyl (C=O) groups is 1. The van der Waals surface area contributed by atoms with E-state index >= 15 is 0 Å². The maximum atomic E-state index is 12.0. The molecule has 0 aliphatic rings. The second-order valence-corrected chi connectivity index (χ2v) is 4.22. The van der Waals surface area contributed by atoms with E-state index in [0.717, 1.165) is 6.42 Å². The Morgan fingerprint density at radius 2 is 2.24 bits per heavy atom. The van der Waals surface area contributed by atoms with Gasteiger partial charge in [-0.15, -0.1) is 0 Å². The highest BCUT2D eigenvalue weighted by atomic mass is 35.5. The average Bonchev–Trinajstić information content (AvgIpc) is 2.32. The van der Waals surface area contributed by atoms with Crippen molar-refractivity contribution < 1.29 is 9.53 Å². The van der Waals surface area contributed by atoms with Gasteiger partial charge in [-0.2, -0.15) is 0 Å². The molecule has 0 aliphatic heterocycles. The van der Waals surface area contributed by atoms with E-state index in [1.54, 1.807) is 37.3 Å². The molecule has 1 rings (SSSR count). The van der Waals surface area contributed by atoms with E-state index in [9.17, 15) is 4.79 Å². The highest BCUT2D eigenvalue weighted by Gasteiger charge is 2.12. The Balaban J connectivity index is 2.65. The van der Waals surface area contributed by atoms with E-state index in [2.05, 4.69) is 0 Å². The first-order valence-electron chi connectivity index (χ1n) is 5.35. The first-order valence-corrected chi connectivity index (χ1v) is 5.73. The number of nitrogen functional groups attached to an aromatic ring is 1. The predicted octanol–water partition coefficient (Wildman–Crippen LogP) is 2.03. The Morgan fingerprint density at radius 1 is 1.53 bits per heavy atom. The first-order chi connectivity index (χ1) is 8.06. The summed E-state index contributed by atoms with van der Waals surface area (Å²) in [6.45, 7) is 1.29. The van der Waals surface area contributed by atoms with Crippen molar-refractivity contribution in [3.8, 4) is 0 Å². The molecule has 1 amide bonds. The van der Waals surface area contributed by atoms with Crippen molar-refractivity contribution in [2.24, 2.45) is 0 Å². The number of anilines is 1. The summed E-state index contributed by atoms with van der Waals surface area (Å²) in [6.07, 6.45) is 0.807. The van der Waals surface area contributed by atoms with E-state index < -0.39 is 0 Å². The van der Waals surface area contributed by atoms with Gasteiger partial charge in [-0.05, 0) is 24.6 Å². The standard InChI is InChI=1S/C12H17ClN2O2/c1-15(6-3-7-17-2)12(16)9-4-5-10(13)11(14)8-9/h4-5,8H,3,6-7,14H2,1-2H3. The van der Waals surface area contributed by atoms with Crippen molar-refractivity contribution in [1.82, 2.24) is 4.90 Å². The van der Waals surface area contributed by atoms with Gasteiger partial charge in [0.05, 0.1) is 10.7 Å². The smallest absolute Gasteiger partial charge is 0.253 e. The molecular formula is C12H17ClN2O2. The van der Waals surface area contributed by atoms with Gasteiger partial charge in [0.25, 0.3) is 5.91 Å². The lowest BCUT2D eigenvalue weighted by molar-refractivity contribution is 0.0779. The lowest BCUT2D eigenvalue weighted by Crippen LogP contribution is -2.28. The van der Waals surface area contributed by atoms with Crippen LogP contribution >= 0.6 is 11.6 Å². The van der Waals surface area contributed by atoms with Crippen molar-refractivity contribution in [3.63, 3.8) is 0 Å². The lowest BCUT2D eigenvalue weighted by atomic mass is 10.2. The van der Waals surface area contributed by atoms with Crippen molar-refractivity contribution >= 4 is 23.2 Å². The van der Waals surface area contributed by atoms with Crippen LogP contribution in [0.25, 0.3) is 0 Å². The number of rotatable bonds is 5. The SMILES string of the molecule is COCCCN(C)C(=O)c1ccc(Cl)c(N)c1. The molecule has 1 aromatic rings. The second-order valence-electron chi connectivity index (χ2n) is 3.81. The number of nitrogens with two attached hydrogens (primary N) is 1. The minimum atomic E-state index is -0.0653. The summed E-state index contributed by atoms with van der Waals surface area (Å²) in [4.78, 5) is 13.6. The number of hydrogen-bond acceptors (Lipinski definition) is 3. The number of carbonyl (C=O) groups excluding carboxylic acids is 1. The first kappa shape index (κ1) is 13.8. The molecule has 0 fully saturated rings. The molecule has 0 saturated carbocycles. The van der Waals surface area contributed by atoms with Gasteiger partial charge < -0.3 is 15.4 Å². The van der Waals surface area contributed by atoms with Gasteiger partial charge in [0.2, 0.25) is 0 Å². The van der Waals surface area contributed by atoms with Crippen LogP contribution in [0, 0.1) is 0 Å². The quantitative estimate of drug-likeness (QED) is 0.648. The molecule has 17 heavy (non-hydrogen) atoms. The molecule has 0 heterocycles. The second kappa shape index (κ2) is 6.47. The Labute approximate surface area is 106 Å². The summed E-state index contributed by atoms with van der Waals surface area (Å²) < 4.78 is 4.94. The largest absolute Gasteiger partial charge is 0.398 e. The molecule has 2 N–H and O–H groups in total. The van der Waals surface area contributed by atoms with Crippen LogP contribution in [0.15, 0.2) is 18.2 Å². The minimum Gasteiger partial charge on any atom is -0.398 e. The normalized spacial score (nSPS) is 10.3. The summed E-state index contributed by atoms with van der Waals surface area (Å²) in [5, 5.41) is 0.462. The summed E-state index contributed by atoms with van der Waals surface area (Å²) in [6, 6.07) is 4.90. The van der Waals surface area contributed by atoms with E-state index in [-0.39, 0.29) is 5.91 Å². The van der Waals surface area contributed by atoms with Crippen molar-refractivity contribution in [3.05, 3.63) is 28.8 Å². The molecule has 4 nitrogen and oxygen atoms in total. The Bertz CT molecular complexity index is 396. The van der Waals surface area contributed by atoms with Gasteiger partial charge in [0, 0.05) is 32.9 Å². The van der Waals surface area contributed by atoms with E-state index in [1.165, 1.54) is 0 Å². The molecule has 0 aromatic heterocycles. The number of nitrogens with zero attached hydrogens (tertiary/aromatic N) is 1. The third-order valence-electron chi connectivity index (χ3n) is 2.43. The van der Waals surface area contributed by atoms with Gasteiger partial charge >= 0.3 is 0 Å². The summed E-state index contributed by atoms with van der Waals surface area (Å²) in [5.41, 5.74) is 6.62. The van der Waals surface area contributed by atoms with E-state index in [1.807, 2.05) is 0 Å². The Kier molecular flexibility index (Phi) is 5.25. The van der Waals surface area contributed by atoms with Gasteiger partial charge in [-0.1, -0.05) is 11.6 Å². The Hall–Kier alpha value is -1.26. The van der Waals surface area contributed by atoms with Crippen LogP contribution in [-0.2, 0) is 4.74 Å². The maximum Gasteiger partial charge on any atom is 0.253 e. The zero-order chi connectivity index (χ0) is 12.8. The van der Waals surface area contributed by atoms with Crippen LogP contribution in [0.1, 0.15) is 16.8 Å². The molecule has 5 heteroatoms. The van der Waals surface area contributed by atoms with Crippen LogP contribution in [0.5, 0.6) is 0 Å². The van der Waals surface area contributed by atoms with Gasteiger partial charge in [-0.25, -0.2) is 0 Å². The van der Waals surface area contributed by atoms with Crippen molar-refractivity contribution in [1.29, 1.82) is 0 Å². The number of halogens is 1. The minimum absolute atomic E-state index is 0.0653. The van der Waals surface area contributed by atoms with Crippen molar-refractivity contribution in [2.45, 2.75) is 6.42 Å². The molecule has 0 radical (unpaired) electrons. The van der Waals surface area contributed by atoms with Gasteiger partial charge in [0.1, 0.15) is 0 Å². The zero-order valence-corrected chi connectivity index (χ0v) is 10.8. The molecule has 0 saturated heterocycles. The fourth-order valence-corrected chi connectivity index (χ4v) is 1.56. The number of amides is 1. The Morgan fingerprint density at radius 3 is 2.82 bits per heavy atom. The molecular weight excluding hydrogens is 240 g/mol. The van der Waals surface area contributed by atoms with Crippen LogP contribution < -0.4 is 5.73 Å². The summed E-state index contributed by atoms with van der Waals surface area (Å²) in [5.74, 6) is -0.0653. The van der Waals surface area contributed by atoms with Gasteiger partial charge in [-0.3, -0.25) is 4.79 Å². The lowest BCUT2D eigenvalue weighted by Gasteiger charge is -2.17. The number of ether oxygens (including phenoxy) is 1. The summed E-state index contributed by atoms with van der Waals surface area (Å²) >= 11 is 5.80. The third-order valence-corrected chi connectivity index (χ3v) is 2.78. The predicted molar refractivity (Wildman–Crippen MR) is 69.3 cm³/mol. The maximum absolute atomic E-state index is 12.0. The fourth-order valence-electron chi connectivity index (χ4n) is 1.44. The highest BCUT2D eigenvalue weighted by Crippen LogP contribution is 2.20. The highest BCUT2D eigenvalue weighted by molar-refractivity contribution is 6.33. The van der Waals surface area contributed by atoms with Gasteiger partial charge in [0.15, 0.2) is 0 Å². The van der Waals surface area contributed by atoms with Crippen LogP contribution in [0.3, 0.4) is 0 Å². The fraction of sp³-hybridized carbons (Fsp3) is 0.417. The third kappa shape index (κ3) is 3.91. The monoisotopic (exact) mass is 256 g/mol. The molecule has 94 valence electrons. The topological polar surface area (TPSA) is 55.6 Å². The number of methoxy groups -OCH3 is 1. The average molecular weight is 257 g/mol. The van der Waals surface area contributed by atoms with E-state index in [0.29, 0.717) is 29.4 Å². The molecule has 0 aliphatic carbocycles. The van der Waals surface area contributed by atoms with Crippen molar-refractivity contribution in [2.75, 3.05) is 33.0 Å². The molecule has 0 bridgehead atoms. The number of benzene rings is 1. The molecule has 0 atom stereocenters. The van der Waals surface area contributed by atoms with Crippen LogP contribution in [0.4, 0.5) is 5.69 Å². The molecule has 1 aromatic carbocycles. The number of hydrogen-bond donors (Lipinski definition) is 1.